The molecule has 0 spiro atoms. The number of carboxylic acid groups (broad SMARTS) is 1. The first kappa shape index (κ1) is 36.0. The third-order valence-electron chi connectivity index (χ3n) is 0.175. The summed E-state index contributed by atoms with van der Waals surface area (Å²) in [6.45, 7) is 7.22. The van der Waals surface area contributed by atoms with E-state index < -0.39 is 6.16 Å². The first-order valence-electron chi connectivity index (χ1n) is 5.11. The van der Waals surface area contributed by atoms with E-state index in [1.807, 2.05) is 0 Å². The van der Waals surface area contributed by atoms with Gasteiger partial charge in [-0.3, -0.25) is 0 Å². The Morgan fingerprint density at radius 3 is 0.750 bits per heavy atom. The zero-order valence-corrected chi connectivity index (χ0v) is 12.7. The highest BCUT2D eigenvalue weighted by Crippen LogP contribution is 1.60. The summed E-state index contributed by atoms with van der Waals surface area (Å²) in [7, 11) is 1.10. The third kappa shape index (κ3) is 23100. The highest BCUT2D eigenvalue weighted by Gasteiger charge is 1.80. The number of ether oxygens (including phenoxy) is 1. The van der Waals surface area contributed by atoms with Crippen LogP contribution in [0, 0.1) is 0 Å². The summed E-state index contributed by atoms with van der Waals surface area (Å²) in [4.78, 5) is 53.2. The molecular formula is C12H24O8. The summed E-state index contributed by atoms with van der Waals surface area (Å²) in [5.41, 5.74) is 0. The lowest BCUT2D eigenvalue weighted by Gasteiger charge is -1.79. The van der Waals surface area contributed by atoms with E-state index in [2.05, 4.69) is 4.74 Å². The minimum atomic E-state index is -1.25. The molecule has 0 radical (unpaired) electrons. The van der Waals surface area contributed by atoms with Gasteiger partial charge in [-0.05, 0) is 34.6 Å². The molecule has 0 saturated carbocycles. The molecule has 0 unspecified atom stereocenters. The van der Waals surface area contributed by atoms with Gasteiger partial charge in [0.15, 0.2) is 0 Å². The second-order valence-corrected chi connectivity index (χ2v) is 1.65. The number of carbonyl (C=O) groups excluding carboxylic acids is 5. The van der Waals surface area contributed by atoms with E-state index in [-0.39, 0.29) is 0 Å². The van der Waals surface area contributed by atoms with E-state index in [1.54, 1.807) is 0 Å². The lowest BCUT2D eigenvalue weighted by atomic mass is 11.0. The molecule has 0 aromatic heterocycles. The maximum absolute atomic E-state index is 9.15. The molecule has 0 aliphatic heterocycles. The zero-order valence-electron chi connectivity index (χ0n) is 12.7. The van der Waals surface area contributed by atoms with Gasteiger partial charge in [-0.25, -0.2) is 4.79 Å². The minimum Gasteiger partial charge on any atom is -0.450 e. The smallest absolute Gasteiger partial charge is 0.450 e. The van der Waals surface area contributed by atoms with Crippen LogP contribution in [0.15, 0.2) is 0 Å². The van der Waals surface area contributed by atoms with Gasteiger partial charge in [0, 0.05) is 0 Å². The Morgan fingerprint density at radius 2 is 0.750 bits per heavy atom. The highest BCUT2D eigenvalue weighted by molar-refractivity contribution is 5.56. The zero-order chi connectivity index (χ0) is 17.8. The average molecular weight is 296 g/mol. The maximum atomic E-state index is 9.15. The molecule has 0 aliphatic carbocycles. The van der Waals surface area contributed by atoms with Crippen LogP contribution >= 0.6 is 0 Å². The molecular weight excluding hydrogens is 272 g/mol. The van der Waals surface area contributed by atoms with Crippen molar-refractivity contribution in [1.82, 2.24) is 0 Å². The van der Waals surface area contributed by atoms with E-state index in [1.165, 1.54) is 34.6 Å². The van der Waals surface area contributed by atoms with E-state index in [0.717, 1.165) is 38.5 Å². The highest BCUT2D eigenvalue weighted by atomic mass is 16.6. The van der Waals surface area contributed by atoms with E-state index in [4.69, 9.17) is 33.9 Å². The van der Waals surface area contributed by atoms with Crippen LogP contribution in [0.2, 0.25) is 0 Å². The van der Waals surface area contributed by atoms with Crippen molar-refractivity contribution in [2.75, 3.05) is 7.11 Å². The molecule has 0 saturated heterocycles. The second-order valence-electron chi connectivity index (χ2n) is 1.65. The van der Waals surface area contributed by atoms with Crippen molar-refractivity contribution in [3.63, 3.8) is 0 Å². The monoisotopic (exact) mass is 296 g/mol. The number of hydrogen-bond acceptors (Lipinski definition) is 7. The van der Waals surface area contributed by atoms with E-state index in [0.29, 0.717) is 0 Å². The van der Waals surface area contributed by atoms with Crippen LogP contribution in [0.1, 0.15) is 34.6 Å². The Morgan fingerprint density at radius 1 is 0.700 bits per heavy atom. The lowest BCUT2D eigenvalue weighted by Crippen LogP contribution is -1.91. The third-order valence-corrected chi connectivity index (χ3v) is 0.175. The Balaban J connectivity index is -0.0000000299. The van der Waals surface area contributed by atoms with Crippen LogP contribution < -0.4 is 0 Å². The van der Waals surface area contributed by atoms with Gasteiger partial charge in [0.25, 0.3) is 0 Å². The topological polar surface area (TPSA) is 132 Å². The molecule has 0 aromatic rings. The predicted octanol–water partition coefficient (Wildman–Crippen LogP) is 1.34. The standard InChI is InChI=1S/C2H4O3.5C2H4O/c1-5-2(3)4;5*1-2-3/h1H3,(H,3,4);5*2H,1H3. The van der Waals surface area contributed by atoms with Gasteiger partial charge in [0.05, 0.1) is 7.11 Å². The van der Waals surface area contributed by atoms with Gasteiger partial charge in [-0.1, -0.05) is 0 Å². The van der Waals surface area contributed by atoms with E-state index >= 15 is 0 Å². The number of rotatable bonds is 0. The molecule has 0 aliphatic rings. The fraction of sp³-hybridized carbons (Fsp3) is 0.500. The fourth-order valence-electron chi connectivity index (χ4n) is 0. The van der Waals surface area contributed by atoms with Crippen molar-refractivity contribution >= 4 is 37.6 Å². The van der Waals surface area contributed by atoms with Crippen molar-refractivity contribution in [3.05, 3.63) is 0 Å². The van der Waals surface area contributed by atoms with Crippen molar-refractivity contribution < 1.29 is 38.6 Å². The van der Waals surface area contributed by atoms with Crippen molar-refractivity contribution in [2.24, 2.45) is 0 Å². The molecule has 0 bridgehead atoms. The summed E-state index contributed by atoms with van der Waals surface area (Å²) < 4.78 is 3.67. The molecule has 8 nitrogen and oxygen atoms in total. The van der Waals surface area contributed by atoms with Crippen LogP contribution in [0.3, 0.4) is 0 Å². The Labute approximate surface area is 119 Å². The van der Waals surface area contributed by atoms with Gasteiger partial charge >= 0.3 is 6.16 Å². The first-order chi connectivity index (χ1) is 9.34. The van der Waals surface area contributed by atoms with Crippen molar-refractivity contribution in [3.8, 4) is 0 Å². The number of methoxy groups -OCH3 is 1. The van der Waals surface area contributed by atoms with Crippen molar-refractivity contribution in [2.45, 2.75) is 34.6 Å². The Bertz CT molecular complexity index is 167. The lowest BCUT2D eigenvalue weighted by molar-refractivity contribution is -0.106. The van der Waals surface area contributed by atoms with Gasteiger partial charge in [-0.2, -0.15) is 0 Å². The molecule has 0 heterocycles. The SMILES string of the molecule is CC=O.CC=O.CC=O.CC=O.CC=O.COC(=O)O. The van der Waals surface area contributed by atoms with Gasteiger partial charge in [0.2, 0.25) is 0 Å². The Kier molecular flexibility index (Phi) is 167. The molecule has 0 amide bonds. The molecule has 1 N–H and O–H groups in total. The molecule has 8 heteroatoms. The van der Waals surface area contributed by atoms with Crippen LogP contribution in [-0.4, -0.2) is 49.8 Å². The number of hydrogen-bond donors (Lipinski definition) is 1. The van der Waals surface area contributed by atoms with Gasteiger partial charge in [-0.15, -0.1) is 0 Å². The normalized spacial score (nSPS) is 4.90. The summed E-state index contributed by atoms with van der Waals surface area (Å²) in [6.07, 6.45) is 2.50. The molecule has 0 rings (SSSR count). The van der Waals surface area contributed by atoms with Crippen LogP contribution in [0.5, 0.6) is 0 Å². The average Bonchev–Trinajstić information content (AvgIpc) is 2.34. The number of aldehydes is 5. The largest absolute Gasteiger partial charge is 0.505 e. The fourth-order valence-corrected chi connectivity index (χ4v) is 0. The van der Waals surface area contributed by atoms with Crippen LogP contribution in [-0.2, 0) is 28.7 Å². The van der Waals surface area contributed by atoms with Crippen LogP contribution in [0.4, 0.5) is 4.79 Å². The summed E-state index contributed by atoms with van der Waals surface area (Å²) >= 11 is 0. The molecule has 0 fully saturated rings. The summed E-state index contributed by atoms with van der Waals surface area (Å²) in [5.74, 6) is 0. The van der Waals surface area contributed by atoms with Crippen molar-refractivity contribution in [1.29, 1.82) is 0 Å². The molecule has 0 aromatic carbocycles. The summed E-state index contributed by atoms with van der Waals surface area (Å²) in [5, 5.41) is 7.50. The van der Waals surface area contributed by atoms with Crippen LogP contribution in [0.25, 0.3) is 0 Å². The van der Waals surface area contributed by atoms with Gasteiger partial charge < -0.3 is 33.8 Å². The molecule has 120 valence electrons. The quantitative estimate of drug-likeness (QED) is 0.523. The minimum absolute atomic E-state index is 0.750. The first-order valence-corrected chi connectivity index (χ1v) is 5.11. The second kappa shape index (κ2) is 92.5. The summed E-state index contributed by atoms with van der Waals surface area (Å²) in [6, 6.07) is 0. The maximum Gasteiger partial charge on any atom is 0.505 e. The predicted molar refractivity (Wildman–Crippen MR) is 73.7 cm³/mol. The Hall–Kier alpha value is -2.38. The molecule has 20 heavy (non-hydrogen) atoms. The number of carbonyl (C=O) groups is 6. The van der Waals surface area contributed by atoms with Gasteiger partial charge in [0.1, 0.15) is 31.4 Å². The van der Waals surface area contributed by atoms with E-state index in [9.17, 15) is 0 Å². The molecule has 0 atom stereocenters.